The van der Waals surface area contributed by atoms with Crippen LogP contribution in [-0.2, 0) is 16.6 Å². The van der Waals surface area contributed by atoms with Crippen molar-refractivity contribution in [2.24, 2.45) is 0 Å². The summed E-state index contributed by atoms with van der Waals surface area (Å²) in [5, 5.41) is 9.45. The molecule has 0 aromatic heterocycles. The Labute approximate surface area is 106 Å². The van der Waals surface area contributed by atoms with Gasteiger partial charge in [0.05, 0.1) is 12.5 Å². The summed E-state index contributed by atoms with van der Waals surface area (Å²) in [7, 11) is 1.48. The van der Waals surface area contributed by atoms with E-state index < -0.39 is 17.2 Å². The van der Waals surface area contributed by atoms with Gasteiger partial charge in [-0.3, -0.25) is 4.79 Å². The highest BCUT2D eigenvalue weighted by Gasteiger charge is 2.47. The van der Waals surface area contributed by atoms with Gasteiger partial charge in [-0.05, 0) is 36.5 Å². The predicted molar refractivity (Wildman–Crippen MR) is 65.5 cm³/mol. The molecule has 1 aliphatic rings. The molecule has 1 N–H and O–H groups in total. The first-order valence-corrected chi connectivity index (χ1v) is 6.15. The number of benzene rings is 1. The smallest absolute Gasteiger partial charge is 0.314 e. The number of hydrogen-bond donors (Lipinski definition) is 1. The third-order valence-electron chi connectivity index (χ3n) is 3.88. The summed E-state index contributed by atoms with van der Waals surface area (Å²) in [6.45, 7) is 1.92. The quantitative estimate of drug-likeness (QED) is 0.896. The van der Waals surface area contributed by atoms with Gasteiger partial charge < -0.3 is 9.84 Å². The average molecular weight is 252 g/mol. The SMILES string of the molecule is CCc1c(OC)cc(F)cc1C1(C(=O)O)CCC1. The third kappa shape index (κ3) is 1.76. The average Bonchev–Trinajstić information content (AvgIpc) is 2.26. The molecule has 0 radical (unpaired) electrons. The molecular weight excluding hydrogens is 235 g/mol. The van der Waals surface area contributed by atoms with Gasteiger partial charge in [-0.15, -0.1) is 0 Å². The molecule has 0 amide bonds. The molecule has 1 fully saturated rings. The minimum absolute atomic E-state index is 0.438. The van der Waals surface area contributed by atoms with E-state index >= 15 is 0 Å². The van der Waals surface area contributed by atoms with Crippen LogP contribution in [0.3, 0.4) is 0 Å². The molecule has 18 heavy (non-hydrogen) atoms. The van der Waals surface area contributed by atoms with Crippen LogP contribution in [0, 0.1) is 5.82 Å². The van der Waals surface area contributed by atoms with E-state index in [1.165, 1.54) is 19.2 Å². The number of hydrogen-bond acceptors (Lipinski definition) is 2. The lowest BCUT2D eigenvalue weighted by Gasteiger charge is -2.39. The highest BCUT2D eigenvalue weighted by atomic mass is 19.1. The van der Waals surface area contributed by atoms with E-state index in [0.717, 1.165) is 12.0 Å². The molecule has 0 heterocycles. The van der Waals surface area contributed by atoms with Crippen molar-refractivity contribution in [2.45, 2.75) is 38.0 Å². The molecule has 2 rings (SSSR count). The van der Waals surface area contributed by atoms with Crippen molar-refractivity contribution in [3.8, 4) is 5.75 Å². The first-order valence-electron chi connectivity index (χ1n) is 6.15. The Balaban J connectivity index is 2.62. The number of ether oxygens (including phenoxy) is 1. The molecule has 0 atom stereocenters. The fourth-order valence-electron chi connectivity index (χ4n) is 2.71. The summed E-state index contributed by atoms with van der Waals surface area (Å²) in [6, 6.07) is 2.67. The van der Waals surface area contributed by atoms with Gasteiger partial charge in [0.1, 0.15) is 11.6 Å². The lowest BCUT2D eigenvalue weighted by atomic mass is 9.63. The summed E-state index contributed by atoms with van der Waals surface area (Å²) in [5.41, 5.74) is 0.474. The molecule has 1 aromatic rings. The Morgan fingerprint density at radius 1 is 1.50 bits per heavy atom. The molecule has 0 saturated heterocycles. The minimum atomic E-state index is -0.916. The first-order chi connectivity index (χ1) is 8.55. The molecule has 1 aromatic carbocycles. The number of carboxylic acid groups (broad SMARTS) is 1. The van der Waals surface area contributed by atoms with E-state index in [1.54, 1.807) is 0 Å². The monoisotopic (exact) mass is 252 g/mol. The van der Waals surface area contributed by atoms with Gasteiger partial charge >= 0.3 is 5.97 Å². The summed E-state index contributed by atoms with van der Waals surface area (Å²) in [4.78, 5) is 11.5. The molecule has 1 aliphatic carbocycles. The normalized spacial score (nSPS) is 17.1. The molecule has 3 nitrogen and oxygen atoms in total. The van der Waals surface area contributed by atoms with Crippen molar-refractivity contribution in [3.63, 3.8) is 0 Å². The molecule has 0 aliphatic heterocycles. The van der Waals surface area contributed by atoms with Crippen LogP contribution in [0.1, 0.15) is 37.3 Å². The van der Waals surface area contributed by atoms with Crippen LogP contribution in [0.15, 0.2) is 12.1 Å². The fraction of sp³-hybridized carbons (Fsp3) is 0.500. The van der Waals surface area contributed by atoms with Crippen LogP contribution >= 0.6 is 0 Å². The Kier molecular flexibility index (Phi) is 3.28. The summed E-state index contributed by atoms with van der Waals surface area (Å²) in [5.74, 6) is -0.859. The van der Waals surface area contributed by atoms with E-state index in [9.17, 15) is 14.3 Å². The number of methoxy groups -OCH3 is 1. The van der Waals surface area contributed by atoms with Gasteiger partial charge in [0.2, 0.25) is 0 Å². The zero-order valence-corrected chi connectivity index (χ0v) is 10.6. The Morgan fingerprint density at radius 2 is 2.17 bits per heavy atom. The number of aliphatic carboxylic acids is 1. The lowest BCUT2D eigenvalue weighted by Crippen LogP contribution is -2.43. The first kappa shape index (κ1) is 12.9. The van der Waals surface area contributed by atoms with Crippen molar-refractivity contribution < 1.29 is 19.0 Å². The van der Waals surface area contributed by atoms with Crippen LogP contribution in [-0.4, -0.2) is 18.2 Å². The maximum Gasteiger partial charge on any atom is 0.314 e. The molecule has 1 saturated carbocycles. The van der Waals surface area contributed by atoms with E-state index in [4.69, 9.17) is 4.74 Å². The van der Waals surface area contributed by atoms with Gasteiger partial charge in [-0.25, -0.2) is 4.39 Å². The standard InChI is InChI=1S/C14H17FO3/c1-3-10-11(7-9(15)8-12(10)18-2)14(13(16)17)5-4-6-14/h7-8H,3-6H2,1-2H3,(H,16,17). The Morgan fingerprint density at radius 3 is 2.56 bits per heavy atom. The van der Waals surface area contributed by atoms with Gasteiger partial charge in [0, 0.05) is 6.07 Å². The highest BCUT2D eigenvalue weighted by Crippen LogP contribution is 2.47. The maximum atomic E-state index is 13.6. The van der Waals surface area contributed by atoms with Crippen LogP contribution in [0.25, 0.3) is 0 Å². The van der Waals surface area contributed by atoms with Crippen molar-refractivity contribution in [1.82, 2.24) is 0 Å². The van der Waals surface area contributed by atoms with E-state index in [0.29, 0.717) is 30.6 Å². The van der Waals surface area contributed by atoms with Gasteiger partial charge in [-0.2, -0.15) is 0 Å². The number of carboxylic acids is 1. The van der Waals surface area contributed by atoms with Crippen molar-refractivity contribution in [3.05, 3.63) is 29.1 Å². The highest BCUT2D eigenvalue weighted by molar-refractivity contribution is 5.83. The summed E-state index contributed by atoms with van der Waals surface area (Å²) < 4.78 is 18.8. The van der Waals surface area contributed by atoms with Crippen molar-refractivity contribution in [1.29, 1.82) is 0 Å². The number of halogens is 1. The molecule has 0 spiro atoms. The second-order valence-electron chi connectivity index (χ2n) is 4.73. The van der Waals surface area contributed by atoms with Crippen LogP contribution < -0.4 is 4.74 Å². The van der Waals surface area contributed by atoms with E-state index in [-0.39, 0.29) is 0 Å². The topological polar surface area (TPSA) is 46.5 Å². The van der Waals surface area contributed by atoms with Gasteiger partial charge in [0.15, 0.2) is 0 Å². The van der Waals surface area contributed by atoms with Gasteiger partial charge in [-0.1, -0.05) is 13.3 Å². The second kappa shape index (κ2) is 4.59. The second-order valence-corrected chi connectivity index (χ2v) is 4.73. The maximum absolute atomic E-state index is 13.6. The van der Waals surface area contributed by atoms with Crippen molar-refractivity contribution >= 4 is 5.97 Å². The fourth-order valence-corrected chi connectivity index (χ4v) is 2.71. The zero-order valence-electron chi connectivity index (χ0n) is 10.6. The summed E-state index contributed by atoms with van der Waals surface area (Å²) in [6.07, 6.45) is 2.64. The predicted octanol–water partition coefficient (Wildman–Crippen LogP) is 2.90. The van der Waals surface area contributed by atoms with Gasteiger partial charge in [0.25, 0.3) is 0 Å². The number of rotatable bonds is 4. The lowest BCUT2D eigenvalue weighted by molar-refractivity contribution is -0.147. The van der Waals surface area contributed by atoms with Crippen molar-refractivity contribution in [2.75, 3.05) is 7.11 Å². The summed E-state index contributed by atoms with van der Waals surface area (Å²) >= 11 is 0. The molecule has 98 valence electrons. The van der Waals surface area contributed by atoms with E-state index in [1.807, 2.05) is 6.92 Å². The Bertz CT molecular complexity index is 478. The van der Waals surface area contributed by atoms with Crippen LogP contribution in [0.5, 0.6) is 5.75 Å². The molecule has 0 bridgehead atoms. The third-order valence-corrected chi connectivity index (χ3v) is 3.88. The number of carbonyl (C=O) groups is 1. The van der Waals surface area contributed by atoms with E-state index in [2.05, 4.69) is 0 Å². The largest absolute Gasteiger partial charge is 0.496 e. The zero-order chi connectivity index (χ0) is 13.3. The van der Waals surface area contributed by atoms with Crippen LogP contribution in [0.4, 0.5) is 4.39 Å². The molecule has 4 heteroatoms. The molecule has 0 unspecified atom stereocenters. The minimum Gasteiger partial charge on any atom is -0.496 e. The Hall–Kier alpha value is -1.58. The van der Waals surface area contributed by atoms with Crippen LogP contribution in [0.2, 0.25) is 0 Å². The molecular formula is C14H17FO3.